The average Bonchev–Trinajstić information content (AvgIpc) is 3.38. The summed E-state index contributed by atoms with van der Waals surface area (Å²) in [4.78, 5) is 39.2. The third-order valence-corrected chi connectivity index (χ3v) is 10.4. The van der Waals surface area contributed by atoms with Crippen LogP contribution in [-0.2, 0) is 34.6 Å². The molecule has 1 aromatic carbocycles. The maximum absolute atomic E-state index is 14.2. The molecule has 1 aliphatic heterocycles. The fourth-order valence-electron chi connectivity index (χ4n) is 5.80. The van der Waals surface area contributed by atoms with Crippen LogP contribution < -0.4 is 0 Å². The Labute approximate surface area is 233 Å². The second-order valence-electron chi connectivity index (χ2n) is 11.5. The molecule has 1 saturated carbocycles. The molecule has 0 bridgehead atoms. The first-order valence-electron chi connectivity index (χ1n) is 14.6. The van der Waals surface area contributed by atoms with Crippen LogP contribution in [0.5, 0.6) is 0 Å². The van der Waals surface area contributed by atoms with Crippen LogP contribution in [0.1, 0.15) is 84.1 Å². The summed E-state index contributed by atoms with van der Waals surface area (Å²) in [5.41, 5.74) is 1.18. The van der Waals surface area contributed by atoms with Crippen molar-refractivity contribution in [2.45, 2.75) is 97.3 Å². The minimum absolute atomic E-state index is 0.149. The molecule has 1 N–H and O–H groups in total. The number of carbonyl (C=O) groups is 3. The molecule has 1 aromatic rings. The lowest BCUT2D eigenvalue weighted by atomic mass is 9.79. The molecule has 0 radical (unpaired) electrons. The van der Waals surface area contributed by atoms with Gasteiger partial charge in [0.25, 0.3) is 0 Å². The highest BCUT2D eigenvalue weighted by Crippen LogP contribution is 2.51. The molecule has 1 amide bonds. The molecule has 0 spiro atoms. The van der Waals surface area contributed by atoms with Crippen LogP contribution in [0, 0.1) is 17.8 Å². The van der Waals surface area contributed by atoms with Gasteiger partial charge in [0.15, 0.2) is 0 Å². The Hall–Kier alpha value is -2.18. The van der Waals surface area contributed by atoms with Crippen molar-refractivity contribution in [3.05, 3.63) is 35.9 Å². The minimum atomic E-state index is -3.60. The number of amides is 1. The predicted octanol–water partition coefficient (Wildman–Crippen LogP) is 6.12. The number of benzene rings is 1. The second kappa shape index (κ2) is 15.0. The lowest BCUT2D eigenvalue weighted by Gasteiger charge is -2.30. The van der Waals surface area contributed by atoms with Crippen molar-refractivity contribution in [1.29, 1.82) is 0 Å². The van der Waals surface area contributed by atoms with Crippen LogP contribution in [-0.4, -0.2) is 59.1 Å². The lowest BCUT2D eigenvalue weighted by Crippen LogP contribution is -2.42. The first-order valence-corrected chi connectivity index (χ1v) is 16.6. The zero-order valence-corrected chi connectivity index (χ0v) is 24.7. The first-order chi connectivity index (χ1) is 18.6. The van der Waals surface area contributed by atoms with E-state index in [0.717, 1.165) is 38.5 Å². The van der Waals surface area contributed by atoms with Gasteiger partial charge in [0.2, 0.25) is 19.6 Å². The molecular weight excluding hydrogens is 517 g/mol. The number of aliphatic carboxylic acids is 1. The van der Waals surface area contributed by atoms with Gasteiger partial charge in [0.1, 0.15) is 12.2 Å². The SMILES string of the molecule is CCC(=O)O[C@@H](OP(=O)(CCCCc1ccccc1)CC(=O)N1C[C@@H](C2CCCCC2)C[C@H]1C(=O)O)C(C)C. The Morgan fingerprint density at radius 2 is 1.74 bits per heavy atom. The smallest absolute Gasteiger partial charge is 0.326 e. The second-order valence-corrected chi connectivity index (χ2v) is 14.1. The zero-order chi connectivity index (χ0) is 28.4. The van der Waals surface area contributed by atoms with Crippen molar-refractivity contribution in [3.63, 3.8) is 0 Å². The Balaban J connectivity index is 1.73. The Morgan fingerprint density at radius 3 is 2.36 bits per heavy atom. The number of hydrogen-bond donors (Lipinski definition) is 1. The highest BCUT2D eigenvalue weighted by Gasteiger charge is 2.44. The van der Waals surface area contributed by atoms with Crippen molar-refractivity contribution in [3.8, 4) is 0 Å². The standard InChI is InChI=1S/C30H46NO7P/c1-4-28(33)37-30(22(2)3)38-39(36,18-12-11-15-23-13-7-5-8-14-23)21-27(32)31-20-25(19-26(31)29(34)35)24-16-9-6-10-17-24/h5,7-8,13-14,22,24-26,30H,4,6,9-12,15-21H2,1-3H3,(H,34,35)/t25-,26-,30-,39?/m0/s1. The number of carbonyl (C=O) groups excluding carboxylic acids is 2. The van der Waals surface area contributed by atoms with E-state index in [0.29, 0.717) is 25.3 Å². The summed E-state index contributed by atoms with van der Waals surface area (Å²) in [5, 5.41) is 9.92. The maximum Gasteiger partial charge on any atom is 0.326 e. The molecule has 3 rings (SSSR count). The van der Waals surface area contributed by atoms with Gasteiger partial charge in [-0.25, -0.2) is 4.79 Å². The quantitative estimate of drug-likeness (QED) is 0.126. The number of unbranched alkanes of at least 4 members (excludes halogenated alkanes) is 1. The fourth-order valence-corrected chi connectivity index (χ4v) is 8.10. The molecule has 9 heteroatoms. The number of likely N-dealkylation sites (tertiary alicyclic amines) is 1. The van der Waals surface area contributed by atoms with Crippen molar-refractivity contribution in [1.82, 2.24) is 4.90 Å². The number of hydrogen-bond acceptors (Lipinski definition) is 6. The van der Waals surface area contributed by atoms with E-state index in [-0.39, 0.29) is 30.6 Å². The third-order valence-electron chi connectivity index (χ3n) is 8.07. The van der Waals surface area contributed by atoms with Crippen LogP contribution in [0.15, 0.2) is 30.3 Å². The van der Waals surface area contributed by atoms with Crippen molar-refractivity contribution < 1.29 is 33.3 Å². The number of nitrogens with zero attached hydrogens (tertiary/aromatic N) is 1. The number of aryl methyl sites for hydroxylation is 1. The van der Waals surface area contributed by atoms with Gasteiger partial charge in [-0.2, -0.15) is 0 Å². The molecule has 1 heterocycles. The Bertz CT molecular complexity index is 992. The number of carboxylic acids is 1. The number of ether oxygens (including phenoxy) is 1. The highest BCUT2D eigenvalue weighted by molar-refractivity contribution is 7.59. The molecule has 1 saturated heterocycles. The van der Waals surface area contributed by atoms with Crippen molar-refractivity contribution in [2.24, 2.45) is 17.8 Å². The van der Waals surface area contributed by atoms with Gasteiger partial charge < -0.3 is 14.7 Å². The van der Waals surface area contributed by atoms with Gasteiger partial charge in [-0.3, -0.25) is 18.7 Å². The molecule has 2 aliphatic rings. The topological polar surface area (TPSA) is 110 Å². The maximum atomic E-state index is 14.2. The minimum Gasteiger partial charge on any atom is -0.480 e. The molecule has 0 aromatic heterocycles. The van der Waals surface area contributed by atoms with Gasteiger partial charge in [-0.15, -0.1) is 0 Å². The largest absolute Gasteiger partial charge is 0.480 e. The number of rotatable bonds is 14. The average molecular weight is 564 g/mol. The van der Waals surface area contributed by atoms with E-state index in [1.54, 1.807) is 6.92 Å². The summed E-state index contributed by atoms with van der Waals surface area (Å²) in [6.07, 6.45) is 7.12. The Morgan fingerprint density at radius 1 is 1.05 bits per heavy atom. The van der Waals surface area contributed by atoms with E-state index < -0.39 is 37.5 Å². The van der Waals surface area contributed by atoms with E-state index in [2.05, 4.69) is 0 Å². The van der Waals surface area contributed by atoms with Crippen LogP contribution in [0.4, 0.5) is 0 Å². The summed E-state index contributed by atoms with van der Waals surface area (Å²) in [6, 6.07) is 9.10. The molecule has 1 unspecified atom stereocenters. The van der Waals surface area contributed by atoms with Gasteiger partial charge in [0, 0.05) is 25.0 Å². The summed E-state index contributed by atoms with van der Waals surface area (Å²) < 4.78 is 25.7. The van der Waals surface area contributed by atoms with E-state index >= 15 is 0 Å². The number of carboxylic acid groups (broad SMARTS) is 1. The van der Waals surface area contributed by atoms with Gasteiger partial charge in [-0.1, -0.05) is 83.2 Å². The monoisotopic (exact) mass is 563 g/mol. The van der Waals surface area contributed by atoms with E-state index in [1.807, 2.05) is 44.2 Å². The van der Waals surface area contributed by atoms with Gasteiger partial charge in [0.05, 0.1) is 0 Å². The molecule has 39 heavy (non-hydrogen) atoms. The molecule has 4 atom stereocenters. The summed E-state index contributed by atoms with van der Waals surface area (Å²) >= 11 is 0. The Kier molecular flexibility index (Phi) is 12.1. The van der Waals surface area contributed by atoms with E-state index in [4.69, 9.17) is 9.26 Å². The van der Waals surface area contributed by atoms with Crippen LogP contribution >= 0.6 is 7.37 Å². The first kappa shape index (κ1) is 31.3. The van der Waals surface area contributed by atoms with Crippen molar-refractivity contribution in [2.75, 3.05) is 18.9 Å². The summed E-state index contributed by atoms with van der Waals surface area (Å²) in [7, 11) is -3.60. The van der Waals surface area contributed by atoms with Crippen molar-refractivity contribution >= 4 is 25.2 Å². The molecule has 1 aliphatic carbocycles. The van der Waals surface area contributed by atoms with Crippen LogP contribution in [0.25, 0.3) is 0 Å². The lowest BCUT2D eigenvalue weighted by molar-refractivity contribution is -0.169. The normalized spacial score (nSPS) is 22.4. The molecular formula is C30H46NO7P. The van der Waals surface area contributed by atoms with Crippen LogP contribution in [0.2, 0.25) is 0 Å². The fraction of sp³-hybridized carbons (Fsp3) is 0.700. The summed E-state index contributed by atoms with van der Waals surface area (Å²) in [5.74, 6) is -1.61. The van der Waals surface area contributed by atoms with Gasteiger partial charge >= 0.3 is 11.9 Å². The molecule has 218 valence electrons. The number of esters is 1. The molecule has 2 fully saturated rings. The summed E-state index contributed by atoms with van der Waals surface area (Å²) in [6.45, 7) is 5.68. The third kappa shape index (κ3) is 9.46. The van der Waals surface area contributed by atoms with Gasteiger partial charge in [-0.05, 0) is 43.1 Å². The van der Waals surface area contributed by atoms with E-state index in [1.165, 1.54) is 16.9 Å². The highest BCUT2D eigenvalue weighted by atomic mass is 31.2. The molecule has 8 nitrogen and oxygen atoms in total. The predicted molar refractivity (Wildman–Crippen MR) is 151 cm³/mol. The van der Waals surface area contributed by atoms with Crippen LogP contribution in [0.3, 0.4) is 0 Å². The zero-order valence-electron chi connectivity index (χ0n) is 23.8. The van der Waals surface area contributed by atoms with E-state index in [9.17, 15) is 24.1 Å².